The van der Waals surface area contributed by atoms with Gasteiger partial charge in [-0.15, -0.1) is 0 Å². The van der Waals surface area contributed by atoms with Crippen LogP contribution in [0.2, 0.25) is 0 Å². The summed E-state index contributed by atoms with van der Waals surface area (Å²) in [4.78, 5) is 29.5. The number of halogens is 1. The van der Waals surface area contributed by atoms with Gasteiger partial charge in [-0.2, -0.15) is 10.4 Å². The summed E-state index contributed by atoms with van der Waals surface area (Å²) in [7, 11) is 0. The SMILES string of the molecule is CC(C)(O)[C@H](F)CNC(=O)c1cnc(-c2ccc3cc(C#N)cnn23)cc1Nc1ccc(CNC(=O)C2CC2)cc1. The number of nitrogens with zero attached hydrogens (tertiary/aromatic N) is 4. The van der Waals surface area contributed by atoms with Gasteiger partial charge in [-0.25, -0.2) is 8.91 Å². The second-order valence-electron chi connectivity index (χ2n) is 10.7. The second kappa shape index (κ2) is 11.3. The van der Waals surface area contributed by atoms with Crippen molar-refractivity contribution in [2.75, 3.05) is 11.9 Å². The summed E-state index contributed by atoms with van der Waals surface area (Å²) in [6.07, 6.45) is 3.08. The summed E-state index contributed by atoms with van der Waals surface area (Å²) < 4.78 is 16.0. The third-order valence-electron chi connectivity index (χ3n) is 6.90. The molecule has 5 rings (SSSR count). The summed E-state index contributed by atoms with van der Waals surface area (Å²) in [5.41, 5.74) is 2.91. The third kappa shape index (κ3) is 6.50. The van der Waals surface area contributed by atoms with Crippen LogP contribution in [-0.4, -0.2) is 49.8 Å². The number of aromatic nitrogens is 3. The third-order valence-corrected chi connectivity index (χ3v) is 6.90. The Morgan fingerprint density at radius 1 is 1.15 bits per heavy atom. The van der Waals surface area contributed by atoms with Gasteiger partial charge in [-0.1, -0.05) is 12.1 Å². The van der Waals surface area contributed by atoms with E-state index >= 15 is 0 Å². The number of carbonyl (C=O) groups is 2. The number of aliphatic hydroxyl groups is 1. The number of nitrogens with one attached hydrogen (secondary N) is 3. The zero-order valence-electron chi connectivity index (χ0n) is 22.7. The summed E-state index contributed by atoms with van der Waals surface area (Å²) in [6, 6.07) is 16.5. The van der Waals surface area contributed by atoms with E-state index < -0.39 is 17.7 Å². The molecular formula is C30H30FN7O3. The zero-order chi connectivity index (χ0) is 29.1. The number of fused-ring (bicyclic) bond motifs is 1. The van der Waals surface area contributed by atoms with Gasteiger partial charge in [-0.05, 0) is 68.7 Å². The van der Waals surface area contributed by atoms with Crippen molar-refractivity contribution in [1.29, 1.82) is 5.26 Å². The highest BCUT2D eigenvalue weighted by molar-refractivity contribution is 6.00. The molecule has 1 saturated carbocycles. The van der Waals surface area contributed by atoms with Crippen molar-refractivity contribution < 1.29 is 19.1 Å². The Morgan fingerprint density at radius 2 is 1.90 bits per heavy atom. The van der Waals surface area contributed by atoms with E-state index in [0.717, 1.165) is 18.4 Å². The maximum atomic E-state index is 14.3. The van der Waals surface area contributed by atoms with E-state index in [1.807, 2.05) is 36.4 Å². The van der Waals surface area contributed by atoms with Crippen LogP contribution in [0.1, 0.15) is 48.2 Å². The lowest BCUT2D eigenvalue weighted by molar-refractivity contribution is -0.122. The molecule has 0 spiro atoms. The number of hydrogen-bond donors (Lipinski definition) is 4. The van der Waals surface area contributed by atoms with Crippen molar-refractivity contribution in [1.82, 2.24) is 25.2 Å². The highest BCUT2D eigenvalue weighted by atomic mass is 19.1. The molecule has 4 aromatic rings. The van der Waals surface area contributed by atoms with Crippen molar-refractivity contribution in [2.45, 2.75) is 45.0 Å². The highest BCUT2D eigenvalue weighted by Gasteiger charge is 2.29. The van der Waals surface area contributed by atoms with E-state index in [4.69, 9.17) is 0 Å². The highest BCUT2D eigenvalue weighted by Crippen LogP contribution is 2.29. The van der Waals surface area contributed by atoms with E-state index in [1.54, 1.807) is 16.6 Å². The average molecular weight is 556 g/mol. The first-order chi connectivity index (χ1) is 19.6. The fraction of sp³-hybridized carbons (Fsp3) is 0.300. The van der Waals surface area contributed by atoms with Gasteiger partial charge in [0.1, 0.15) is 12.2 Å². The first-order valence-corrected chi connectivity index (χ1v) is 13.3. The van der Waals surface area contributed by atoms with Crippen molar-refractivity contribution in [3.63, 3.8) is 0 Å². The molecule has 210 valence electrons. The van der Waals surface area contributed by atoms with Gasteiger partial charge < -0.3 is 21.1 Å². The number of nitriles is 1. The molecule has 1 fully saturated rings. The van der Waals surface area contributed by atoms with Crippen LogP contribution in [0.3, 0.4) is 0 Å². The van der Waals surface area contributed by atoms with Gasteiger partial charge in [0.15, 0.2) is 0 Å². The zero-order valence-corrected chi connectivity index (χ0v) is 22.7. The van der Waals surface area contributed by atoms with E-state index in [-0.39, 0.29) is 23.9 Å². The Morgan fingerprint density at radius 3 is 2.59 bits per heavy atom. The minimum Gasteiger partial charge on any atom is -0.387 e. The smallest absolute Gasteiger partial charge is 0.255 e. The number of rotatable bonds is 10. The summed E-state index contributed by atoms with van der Waals surface area (Å²) in [5, 5.41) is 32.2. The van der Waals surface area contributed by atoms with Gasteiger partial charge in [0, 0.05) is 24.3 Å². The molecule has 3 heterocycles. The van der Waals surface area contributed by atoms with Gasteiger partial charge in [0.25, 0.3) is 5.91 Å². The standard InChI is InChI=1S/C30H30FN7O3/c1-30(2,41)27(31)17-35-29(40)23-16-33-25(26-10-9-22-11-19(13-32)15-36-38(22)26)12-24(23)37-21-7-3-18(4-8-21)14-34-28(39)20-5-6-20/h3-4,7-12,15-16,20,27,41H,5-6,14,17H2,1-2H3,(H,33,37)(H,34,39)(H,35,40)/t27-/m1/s1. The predicted molar refractivity (Wildman–Crippen MR) is 151 cm³/mol. The molecule has 4 N–H and O–H groups in total. The van der Waals surface area contributed by atoms with Crippen LogP contribution in [0.5, 0.6) is 0 Å². The number of alkyl halides is 1. The van der Waals surface area contributed by atoms with E-state index in [9.17, 15) is 24.3 Å². The van der Waals surface area contributed by atoms with Crippen LogP contribution in [0, 0.1) is 17.2 Å². The largest absolute Gasteiger partial charge is 0.387 e. The van der Waals surface area contributed by atoms with Gasteiger partial charge in [0.05, 0.1) is 52.1 Å². The number of benzene rings is 1. The molecule has 10 nitrogen and oxygen atoms in total. The Kier molecular flexibility index (Phi) is 7.68. The molecule has 0 bridgehead atoms. The van der Waals surface area contributed by atoms with Crippen LogP contribution in [0.4, 0.5) is 15.8 Å². The van der Waals surface area contributed by atoms with Gasteiger partial charge in [-0.3, -0.25) is 14.6 Å². The van der Waals surface area contributed by atoms with E-state index in [1.165, 1.54) is 26.2 Å². The molecule has 0 radical (unpaired) electrons. The van der Waals surface area contributed by atoms with Crippen LogP contribution >= 0.6 is 0 Å². The topological polar surface area (TPSA) is 144 Å². The van der Waals surface area contributed by atoms with Crippen molar-refractivity contribution in [2.24, 2.45) is 5.92 Å². The van der Waals surface area contributed by atoms with Gasteiger partial charge in [0.2, 0.25) is 5.91 Å². The number of anilines is 2. The van der Waals surface area contributed by atoms with Crippen LogP contribution < -0.4 is 16.0 Å². The molecule has 2 amide bonds. The second-order valence-corrected chi connectivity index (χ2v) is 10.7. The lowest BCUT2D eigenvalue weighted by Crippen LogP contribution is -2.42. The number of amides is 2. The molecule has 0 aliphatic heterocycles. The first kappa shape index (κ1) is 27.7. The van der Waals surface area contributed by atoms with Crippen molar-refractivity contribution in [3.8, 4) is 17.5 Å². The number of carbonyl (C=O) groups excluding carboxylic acids is 2. The number of pyridine rings is 1. The average Bonchev–Trinajstić information content (AvgIpc) is 3.73. The Labute approximate surface area is 236 Å². The van der Waals surface area contributed by atoms with E-state index in [2.05, 4.69) is 32.1 Å². The quantitative estimate of drug-likeness (QED) is 0.232. The molecule has 41 heavy (non-hydrogen) atoms. The summed E-state index contributed by atoms with van der Waals surface area (Å²) >= 11 is 0. The monoisotopic (exact) mass is 555 g/mol. The van der Waals surface area contributed by atoms with Crippen LogP contribution in [-0.2, 0) is 11.3 Å². The lowest BCUT2D eigenvalue weighted by Gasteiger charge is -2.22. The molecule has 1 aliphatic carbocycles. The summed E-state index contributed by atoms with van der Waals surface area (Å²) in [5.74, 6) is -0.350. The Bertz CT molecular complexity index is 1630. The molecule has 0 saturated heterocycles. The molecule has 0 unspecified atom stereocenters. The Balaban J connectivity index is 1.41. The van der Waals surface area contributed by atoms with E-state index in [0.29, 0.717) is 40.4 Å². The molecule has 1 atom stereocenters. The minimum atomic E-state index is -1.67. The molecular weight excluding hydrogens is 525 g/mol. The van der Waals surface area contributed by atoms with Crippen LogP contribution in [0.15, 0.2) is 60.9 Å². The number of hydrogen-bond acceptors (Lipinski definition) is 7. The maximum Gasteiger partial charge on any atom is 0.255 e. The molecule has 3 aromatic heterocycles. The van der Waals surface area contributed by atoms with Crippen LogP contribution in [0.25, 0.3) is 16.9 Å². The maximum absolute atomic E-state index is 14.3. The fourth-order valence-electron chi connectivity index (χ4n) is 4.20. The minimum absolute atomic E-state index is 0.0727. The molecule has 1 aromatic carbocycles. The molecule has 1 aliphatic rings. The Hall–Kier alpha value is -4.82. The van der Waals surface area contributed by atoms with Crippen molar-refractivity contribution in [3.05, 3.63) is 77.6 Å². The predicted octanol–water partition coefficient (Wildman–Crippen LogP) is 3.88. The normalized spacial score (nSPS) is 13.8. The first-order valence-electron chi connectivity index (χ1n) is 13.3. The van der Waals surface area contributed by atoms with Crippen molar-refractivity contribution >= 4 is 28.7 Å². The molecule has 11 heteroatoms. The summed E-state index contributed by atoms with van der Waals surface area (Å²) in [6.45, 7) is 2.72. The lowest BCUT2D eigenvalue weighted by atomic mass is 10.0. The van der Waals surface area contributed by atoms with Gasteiger partial charge >= 0.3 is 0 Å². The fourth-order valence-corrected chi connectivity index (χ4v) is 4.20.